The number of rotatable bonds is 8. The Morgan fingerprint density at radius 3 is 2.09 bits per heavy atom. The van der Waals surface area contributed by atoms with Crippen LogP contribution in [0.5, 0.6) is 0 Å². The molecule has 1 aliphatic heterocycles. The number of benzene rings is 2. The molecular weight excluding hydrogens is 442 g/mol. The van der Waals surface area contributed by atoms with E-state index in [9.17, 15) is 19.5 Å². The fraction of sp³-hybridized carbons (Fsp3) is 0.464. The van der Waals surface area contributed by atoms with Crippen molar-refractivity contribution in [2.24, 2.45) is 0 Å². The highest BCUT2D eigenvalue weighted by atomic mass is 16.3. The molecule has 0 radical (unpaired) electrons. The summed E-state index contributed by atoms with van der Waals surface area (Å²) in [4.78, 5) is 40.2. The minimum absolute atomic E-state index is 0.0431. The summed E-state index contributed by atoms with van der Waals surface area (Å²) < 4.78 is -0.342. The third kappa shape index (κ3) is 5.97. The van der Waals surface area contributed by atoms with Crippen molar-refractivity contribution >= 4 is 17.7 Å². The number of nitrogens with zero attached hydrogens (tertiary/aromatic N) is 1. The van der Waals surface area contributed by atoms with Gasteiger partial charge in [-0.2, -0.15) is 0 Å². The number of carbonyl (C=O) groups is 3. The van der Waals surface area contributed by atoms with Crippen molar-refractivity contribution in [3.63, 3.8) is 0 Å². The van der Waals surface area contributed by atoms with Crippen molar-refractivity contribution in [1.82, 2.24) is 10.6 Å². The summed E-state index contributed by atoms with van der Waals surface area (Å²) in [5.41, 5.74) is 1.36. The molecule has 35 heavy (non-hydrogen) atoms. The third-order valence-corrected chi connectivity index (χ3v) is 7.38. The van der Waals surface area contributed by atoms with E-state index in [1.807, 2.05) is 36.4 Å². The smallest absolute Gasteiger partial charge is 0.339 e. The first-order chi connectivity index (χ1) is 17.0. The first-order valence-corrected chi connectivity index (χ1v) is 12.8. The molecule has 0 aromatic heterocycles. The van der Waals surface area contributed by atoms with Crippen LogP contribution >= 0.6 is 0 Å². The average molecular weight is 479 g/mol. The standard InChI is InChI=1S/C28H35N3O4/c32-25(22-14-6-2-7-15-22)30-24(20-21-12-4-1-5-13-21)27(34)31(18-10-11-19-31)28(35)26(33)29-23-16-8-3-9-17-23/h1-2,4-7,12-15,23-24,28,35H,3,8-11,16-20H2,(H-,29,30,32,33)/p+1. The molecule has 2 fully saturated rings. The predicted molar refractivity (Wildman–Crippen MR) is 133 cm³/mol. The Bertz CT molecular complexity index is 999. The summed E-state index contributed by atoms with van der Waals surface area (Å²) in [6.45, 7) is 0.759. The first-order valence-electron chi connectivity index (χ1n) is 12.8. The summed E-state index contributed by atoms with van der Waals surface area (Å²) in [5.74, 6) is -1.15. The van der Waals surface area contributed by atoms with Crippen molar-refractivity contribution < 1.29 is 24.0 Å². The Morgan fingerprint density at radius 1 is 0.857 bits per heavy atom. The van der Waals surface area contributed by atoms with Gasteiger partial charge in [0.15, 0.2) is 0 Å². The van der Waals surface area contributed by atoms with Gasteiger partial charge in [-0.25, -0.2) is 9.28 Å². The Morgan fingerprint density at radius 2 is 1.46 bits per heavy atom. The van der Waals surface area contributed by atoms with E-state index in [4.69, 9.17) is 0 Å². The maximum atomic E-state index is 14.1. The normalized spacial score (nSPS) is 19.5. The maximum Gasteiger partial charge on any atom is 0.339 e. The molecule has 3 amide bonds. The molecule has 2 aromatic carbocycles. The molecule has 1 aliphatic carbocycles. The van der Waals surface area contributed by atoms with Crippen LogP contribution in [0, 0.1) is 0 Å². The summed E-state index contributed by atoms with van der Waals surface area (Å²) >= 11 is 0. The highest BCUT2D eigenvalue weighted by Crippen LogP contribution is 2.27. The lowest BCUT2D eigenvalue weighted by Crippen LogP contribution is -2.67. The third-order valence-electron chi connectivity index (χ3n) is 7.38. The van der Waals surface area contributed by atoms with Gasteiger partial charge in [0, 0.05) is 30.9 Å². The summed E-state index contributed by atoms with van der Waals surface area (Å²) in [6, 6.07) is 17.5. The molecule has 2 unspecified atom stereocenters. The second-order valence-corrected chi connectivity index (χ2v) is 9.83. The molecule has 1 saturated heterocycles. The minimum atomic E-state index is -1.49. The lowest BCUT2D eigenvalue weighted by molar-refractivity contribution is -0.881. The lowest BCUT2D eigenvalue weighted by Gasteiger charge is -2.38. The number of likely N-dealkylation sites (tertiary alicyclic amines) is 1. The van der Waals surface area contributed by atoms with Gasteiger partial charge < -0.3 is 15.7 Å². The molecule has 0 bridgehead atoms. The molecule has 0 spiro atoms. The van der Waals surface area contributed by atoms with Crippen LogP contribution < -0.4 is 10.6 Å². The first kappa shape index (κ1) is 25.1. The maximum absolute atomic E-state index is 14.1. The van der Waals surface area contributed by atoms with Gasteiger partial charge in [-0.05, 0) is 30.5 Å². The quantitative estimate of drug-likeness (QED) is 0.509. The minimum Gasteiger partial charge on any atom is -0.346 e. The van der Waals surface area contributed by atoms with Gasteiger partial charge in [-0.1, -0.05) is 67.8 Å². The lowest BCUT2D eigenvalue weighted by atomic mass is 9.95. The SMILES string of the molecule is O=C(NC(Cc1ccccc1)C(=O)[N+]1(C(O)C(=O)NC2CCCCC2)CCCC1)c1ccccc1. The number of nitrogens with one attached hydrogen (secondary N) is 2. The fourth-order valence-electron chi connectivity index (χ4n) is 5.42. The summed E-state index contributed by atoms with van der Waals surface area (Å²) in [6.07, 6.45) is 5.36. The van der Waals surface area contributed by atoms with Crippen molar-refractivity contribution in [2.45, 2.75) is 69.7 Å². The van der Waals surface area contributed by atoms with Crippen molar-refractivity contribution in [3.8, 4) is 0 Å². The number of hydrogen-bond donors (Lipinski definition) is 3. The van der Waals surface area contributed by atoms with E-state index < -0.39 is 18.2 Å². The zero-order valence-corrected chi connectivity index (χ0v) is 20.2. The Labute approximate surface area is 207 Å². The number of quaternary nitrogens is 1. The van der Waals surface area contributed by atoms with Gasteiger partial charge in [0.25, 0.3) is 12.1 Å². The number of carbonyl (C=O) groups excluding carboxylic acids is 3. The van der Waals surface area contributed by atoms with E-state index in [-0.39, 0.29) is 28.8 Å². The second kappa shape index (κ2) is 11.6. The summed E-state index contributed by atoms with van der Waals surface area (Å²) in [7, 11) is 0. The Kier molecular flexibility index (Phi) is 8.31. The molecule has 2 aromatic rings. The van der Waals surface area contributed by atoms with Gasteiger partial charge in [0.1, 0.15) is 6.04 Å². The van der Waals surface area contributed by atoms with Crippen LogP contribution in [0.3, 0.4) is 0 Å². The van der Waals surface area contributed by atoms with E-state index in [1.54, 1.807) is 24.3 Å². The van der Waals surface area contributed by atoms with Gasteiger partial charge in [0.2, 0.25) is 0 Å². The molecule has 1 heterocycles. The Hall–Kier alpha value is -3.03. The van der Waals surface area contributed by atoms with Crippen LogP contribution in [0.2, 0.25) is 0 Å². The molecule has 7 nitrogen and oxygen atoms in total. The zero-order chi connectivity index (χ0) is 24.7. The number of aliphatic hydroxyl groups excluding tert-OH is 1. The molecule has 4 rings (SSSR count). The largest absolute Gasteiger partial charge is 0.346 e. The molecule has 2 atom stereocenters. The van der Waals surface area contributed by atoms with E-state index in [2.05, 4.69) is 10.6 Å². The molecule has 7 heteroatoms. The molecule has 2 aliphatic rings. The summed E-state index contributed by atoms with van der Waals surface area (Å²) in [5, 5.41) is 17.2. The Balaban J connectivity index is 1.57. The van der Waals surface area contributed by atoms with E-state index in [1.165, 1.54) is 0 Å². The highest BCUT2D eigenvalue weighted by molar-refractivity contribution is 5.97. The van der Waals surface area contributed by atoms with Crippen LogP contribution in [-0.4, -0.2) is 58.7 Å². The van der Waals surface area contributed by atoms with Crippen LogP contribution in [0.1, 0.15) is 60.9 Å². The van der Waals surface area contributed by atoms with Crippen LogP contribution in [0.4, 0.5) is 0 Å². The second-order valence-electron chi connectivity index (χ2n) is 9.83. The van der Waals surface area contributed by atoms with Crippen molar-refractivity contribution in [1.29, 1.82) is 0 Å². The number of aliphatic hydroxyl groups is 1. The number of hydrogen-bond acceptors (Lipinski definition) is 4. The predicted octanol–water partition coefficient (Wildman–Crippen LogP) is 2.93. The highest BCUT2D eigenvalue weighted by Gasteiger charge is 2.52. The van der Waals surface area contributed by atoms with Gasteiger partial charge in [0.05, 0.1) is 13.1 Å². The van der Waals surface area contributed by atoms with Crippen molar-refractivity contribution in [2.75, 3.05) is 13.1 Å². The van der Waals surface area contributed by atoms with Crippen molar-refractivity contribution in [3.05, 3.63) is 71.8 Å². The average Bonchev–Trinajstić information content (AvgIpc) is 3.40. The van der Waals surface area contributed by atoms with Crippen LogP contribution in [-0.2, 0) is 16.0 Å². The van der Waals surface area contributed by atoms with E-state index in [0.29, 0.717) is 18.7 Å². The molecule has 186 valence electrons. The van der Waals surface area contributed by atoms with Gasteiger partial charge in [-0.15, -0.1) is 0 Å². The van der Waals surface area contributed by atoms with Crippen LogP contribution in [0.15, 0.2) is 60.7 Å². The fourth-order valence-corrected chi connectivity index (χ4v) is 5.42. The van der Waals surface area contributed by atoms with Crippen LogP contribution in [0.25, 0.3) is 0 Å². The number of amides is 3. The monoisotopic (exact) mass is 478 g/mol. The molecular formula is C28H36N3O4+. The van der Waals surface area contributed by atoms with Gasteiger partial charge in [-0.3, -0.25) is 9.59 Å². The zero-order valence-electron chi connectivity index (χ0n) is 20.2. The molecule has 1 saturated carbocycles. The topological polar surface area (TPSA) is 95.5 Å². The van der Waals surface area contributed by atoms with Gasteiger partial charge >= 0.3 is 11.8 Å². The van der Waals surface area contributed by atoms with E-state index >= 15 is 0 Å². The van der Waals surface area contributed by atoms with E-state index in [0.717, 1.165) is 50.5 Å². The molecule has 3 N–H and O–H groups in total.